The van der Waals surface area contributed by atoms with Crippen LogP contribution in [0.15, 0.2) is 47.4 Å². The van der Waals surface area contributed by atoms with Gasteiger partial charge in [-0.2, -0.15) is 0 Å². The standard InChI is InChI=1S/C24H29ClFN5O2S/c1-4-6-13-31(34(32,33)18-11-8-7-9-12-18)22-16-21(26)20(25)15-19(22)24-29-28-23(30(24)3)14-17(27)10-5-2/h7-9,11-12,15-16,27H,4-6,10,13-14H2,1-3H3. The molecule has 0 saturated heterocycles. The smallest absolute Gasteiger partial charge is 0.264 e. The number of aromatic nitrogens is 3. The number of nitrogens with zero attached hydrogens (tertiary/aromatic N) is 4. The van der Waals surface area contributed by atoms with E-state index in [1.54, 1.807) is 29.8 Å². The minimum absolute atomic E-state index is 0.110. The summed E-state index contributed by atoms with van der Waals surface area (Å²) in [5.41, 5.74) is 1.02. The molecule has 1 N–H and O–H groups in total. The van der Waals surface area contributed by atoms with Gasteiger partial charge in [-0.1, -0.05) is 56.5 Å². The molecule has 7 nitrogen and oxygen atoms in total. The van der Waals surface area contributed by atoms with Crippen LogP contribution in [0, 0.1) is 11.2 Å². The summed E-state index contributed by atoms with van der Waals surface area (Å²) in [4.78, 5) is 0.110. The zero-order valence-electron chi connectivity index (χ0n) is 19.6. The van der Waals surface area contributed by atoms with E-state index >= 15 is 0 Å². The van der Waals surface area contributed by atoms with Gasteiger partial charge < -0.3 is 9.98 Å². The third kappa shape index (κ3) is 5.47. The second kappa shape index (κ2) is 11.1. The monoisotopic (exact) mass is 505 g/mol. The average Bonchev–Trinajstić information content (AvgIpc) is 3.16. The highest BCUT2D eigenvalue weighted by Crippen LogP contribution is 2.37. The molecule has 0 fully saturated rings. The van der Waals surface area contributed by atoms with Crippen molar-refractivity contribution < 1.29 is 12.8 Å². The van der Waals surface area contributed by atoms with E-state index in [9.17, 15) is 12.8 Å². The van der Waals surface area contributed by atoms with Gasteiger partial charge in [0.2, 0.25) is 0 Å². The molecule has 0 amide bonds. The van der Waals surface area contributed by atoms with Crippen LogP contribution in [-0.4, -0.2) is 35.4 Å². The fourth-order valence-electron chi connectivity index (χ4n) is 3.64. The second-order valence-corrected chi connectivity index (χ2v) is 10.3. The van der Waals surface area contributed by atoms with Gasteiger partial charge in [-0.05, 0) is 31.0 Å². The maximum absolute atomic E-state index is 14.7. The Kier molecular flexibility index (Phi) is 8.43. The zero-order valence-corrected chi connectivity index (χ0v) is 21.1. The Morgan fingerprint density at radius 2 is 1.85 bits per heavy atom. The maximum atomic E-state index is 14.7. The molecule has 0 aliphatic rings. The van der Waals surface area contributed by atoms with E-state index in [2.05, 4.69) is 10.2 Å². The highest BCUT2D eigenvalue weighted by Gasteiger charge is 2.29. The largest absolute Gasteiger partial charge is 0.314 e. The predicted octanol–water partition coefficient (Wildman–Crippen LogP) is 5.63. The van der Waals surface area contributed by atoms with Crippen LogP contribution < -0.4 is 4.31 Å². The van der Waals surface area contributed by atoms with Gasteiger partial charge in [0.15, 0.2) is 5.82 Å². The Bertz CT molecular complexity index is 1260. The molecule has 0 atom stereocenters. The zero-order chi connectivity index (χ0) is 24.9. The van der Waals surface area contributed by atoms with E-state index in [1.807, 2.05) is 13.8 Å². The highest BCUT2D eigenvalue weighted by atomic mass is 35.5. The molecule has 34 heavy (non-hydrogen) atoms. The van der Waals surface area contributed by atoms with Crippen molar-refractivity contribution in [2.45, 2.75) is 50.8 Å². The summed E-state index contributed by atoms with van der Waals surface area (Å²) < 4.78 is 44.9. The highest BCUT2D eigenvalue weighted by molar-refractivity contribution is 7.92. The lowest BCUT2D eigenvalue weighted by molar-refractivity contribution is 0.588. The van der Waals surface area contributed by atoms with E-state index < -0.39 is 15.8 Å². The van der Waals surface area contributed by atoms with Gasteiger partial charge in [-0.25, -0.2) is 12.8 Å². The van der Waals surface area contributed by atoms with Crippen molar-refractivity contribution in [3.63, 3.8) is 0 Å². The normalized spacial score (nSPS) is 11.6. The van der Waals surface area contributed by atoms with E-state index in [4.69, 9.17) is 17.0 Å². The Hall–Kier alpha value is -2.78. The molecular weight excluding hydrogens is 477 g/mol. The first-order valence-electron chi connectivity index (χ1n) is 11.2. The molecule has 0 aliphatic carbocycles. The molecule has 3 aromatic rings. The predicted molar refractivity (Wildman–Crippen MR) is 134 cm³/mol. The second-order valence-electron chi connectivity index (χ2n) is 8.06. The van der Waals surface area contributed by atoms with Gasteiger partial charge >= 0.3 is 0 Å². The lowest BCUT2D eigenvalue weighted by Crippen LogP contribution is -2.32. The van der Waals surface area contributed by atoms with Gasteiger partial charge in [0.1, 0.15) is 11.6 Å². The summed E-state index contributed by atoms with van der Waals surface area (Å²) in [6, 6.07) is 10.6. The van der Waals surface area contributed by atoms with Gasteiger partial charge in [-0.3, -0.25) is 4.31 Å². The Labute approximate surface area is 205 Å². The number of unbranched alkanes of at least 4 members (excludes halogenated alkanes) is 1. The van der Waals surface area contributed by atoms with Gasteiger partial charge in [0.05, 0.1) is 15.6 Å². The summed E-state index contributed by atoms with van der Waals surface area (Å²) in [7, 11) is -2.24. The lowest BCUT2D eigenvalue weighted by atomic mass is 10.1. The number of hydrogen-bond acceptors (Lipinski definition) is 5. The number of anilines is 1. The van der Waals surface area contributed by atoms with Crippen molar-refractivity contribution in [2.75, 3.05) is 10.8 Å². The Balaban J connectivity index is 2.17. The third-order valence-electron chi connectivity index (χ3n) is 5.48. The SMILES string of the molecule is CCCCN(c1cc(F)c(Cl)cc1-c1nnc(CC(=N)CCC)n1C)S(=O)(=O)c1ccccc1. The quantitative estimate of drug-likeness (QED) is 0.342. The molecule has 1 heterocycles. The molecule has 0 radical (unpaired) electrons. The van der Waals surface area contributed by atoms with Crippen molar-refractivity contribution in [1.29, 1.82) is 5.41 Å². The van der Waals surface area contributed by atoms with Crippen LogP contribution in [0.25, 0.3) is 11.4 Å². The van der Waals surface area contributed by atoms with Gasteiger partial charge in [0, 0.05) is 37.4 Å². The molecule has 3 rings (SSSR count). The van der Waals surface area contributed by atoms with Crippen LogP contribution in [0.5, 0.6) is 0 Å². The van der Waals surface area contributed by atoms with Crippen LogP contribution >= 0.6 is 11.6 Å². The number of rotatable bonds is 11. The Morgan fingerprint density at radius 3 is 2.50 bits per heavy atom. The average molecular weight is 506 g/mol. The van der Waals surface area contributed by atoms with Crippen molar-refractivity contribution in [2.24, 2.45) is 7.05 Å². The fourth-order valence-corrected chi connectivity index (χ4v) is 5.34. The van der Waals surface area contributed by atoms with Crippen LogP contribution in [-0.2, 0) is 23.5 Å². The van der Waals surface area contributed by atoms with E-state index in [0.717, 1.165) is 18.9 Å². The lowest BCUT2D eigenvalue weighted by Gasteiger charge is -2.27. The van der Waals surface area contributed by atoms with Crippen LogP contribution in [0.4, 0.5) is 10.1 Å². The van der Waals surface area contributed by atoms with E-state index in [0.29, 0.717) is 42.2 Å². The maximum Gasteiger partial charge on any atom is 0.264 e. The molecule has 2 aromatic carbocycles. The van der Waals surface area contributed by atoms with Crippen molar-refractivity contribution >= 4 is 33.0 Å². The summed E-state index contributed by atoms with van der Waals surface area (Å²) in [6.45, 7) is 4.12. The van der Waals surface area contributed by atoms with Crippen molar-refractivity contribution in [3.05, 3.63) is 59.1 Å². The molecular formula is C24H29ClFN5O2S. The van der Waals surface area contributed by atoms with E-state index in [-0.39, 0.29) is 22.2 Å². The summed E-state index contributed by atoms with van der Waals surface area (Å²) in [5, 5.41) is 16.5. The Morgan fingerprint density at radius 1 is 1.15 bits per heavy atom. The molecule has 0 aliphatic heterocycles. The molecule has 0 bridgehead atoms. The van der Waals surface area contributed by atoms with Crippen LogP contribution in [0.3, 0.4) is 0 Å². The van der Waals surface area contributed by atoms with E-state index in [1.165, 1.54) is 22.5 Å². The van der Waals surface area contributed by atoms with Crippen molar-refractivity contribution in [1.82, 2.24) is 14.8 Å². The molecule has 1 aromatic heterocycles. The topological polar surface area (TPSA) is 91.9 Å². The first kappa shape index (κ1) is 25.8. The minimum Gasteiger partial charge on any atom is -0.314 e. The molecule has 0 saturated carbocycles. The summed E-state index contributed by atoms with van der Waals surface area (Å²) in [5.74, 6) is 0.184. The number of sulfonamides is 1. The third-order valence-corrected chi connectivity index (χ3v) is 7.60. The van der Waals surface area contributed by atoms with Crippen molar-refractivity contribution in [3.8, 4) is 11.4 Å². The minimum atomic E-state index is -3.99. The first-order chi connectivity index (χ1) is 16.2. The first-order valence-corrected chi connectivity index (χ1v) is 13.0. The van der Waals surface area contributed by atoms with Gasteiger partial charge in [-0.15, -0.1) is 10.2 Å². The fraction of sp³-hybridized carbons (Fsp3) is 0.375. The summed E-state index contributed by atoms with van der Waals surface area (Å²) >= 11 is 6.13. The number of hydrogen-bond donors (Lipinski definition) is 1. The van der Waals surface area contributed by atoms with Crippen LogP contribution in [0.1, 0.15) is 45.4 Å². The number of nitrogens with one attached hydrogen (secondary N) is 1. The summed E-state index contributed by atoms with van der Waals surface area (Å²) in [6.07, 6.45) is 3.15. The number of halogens is 2. The molecule has 0 spiro atoms. The van der Waals surface area contributed by atoms with Gasteiger partial charge in [0.25, 0.3) is 10.0 Å². The molecule has 0 unspecified atom stereocenters. The molecule has 182 valence electrons. The molecule has 10 heteroatoms. The van der Waals surface area contributed by atoms with Crippen LogP contribution in [0.2, 0.25) is 5.02 Å². The number of benzene rings is 2.